The smallest absolute Gasteiger partial charge is 0.336 e. The van der Waals surface area contributed by atoms with Gasteiger partial charge in [-0.3, -0.25) is 4.79 Å². The zero-order chi connectivity index (χ0) is 19.9. The summed E-state index contributed by atoms with van der Waals surface area (Å²) in [6, 6.07) is 13.9. The molecule has 0 atom stereocenters. The first kappa shape index (κ1) is 17.9. The highest BCUT2D eigenvalue weighted by atomic mass is 16.5. The fourth-order valence-corrected chi connectivity index (χ4v) is 3.19. The molecule has 0 saturated carbocycles. The summed E-state index contributed by atoms with van der Waals surface area (Å²) in [6.45, 7) is 3.43. The van der Waals surface area contributed by atoms with Gasteiger partial charge in [-0.15, -0.1) is 0 Å². The van der Waals surface area contributed by atoms with Gasteiger partial charge in [-0.2, -0.15) is 0 Å². The van der Waals surface area contributed by atoms with Gasteiger partial charge in [0, 0.05) is 23.3 Å². The number of rotatable bonds is 3. The van der Waals surface area contributed by atoms with Crippen LogP contribution in [0.3, 0.4) is 0 Å². The second kappa shape index (κ2) is 6.56. The summed E-state index contributed by atoms with van der Waals surface area (Å²) >= 11 is 0. The number of nitrogens with one attached hydrogen (secondary N) is 1. The van der Waals surface area contributed by atoms with Crippen molar-refractivity contribution in [1.29, 1.82) is 0 Å². The van der Waals surface area contributed by atoms with E-state index < -0.39 is 11.2 Å². The second-order valence-electron chi connectivity index (χ2n) is 6.98. The van der Waals surface area contributed by atoms with Crippen LogP contribution in [-0.2, 0) is 4.79 Å². The van der Waals surface area contributed by atoms with Gasteiger partial charge in [-0.1, -0.05) is 0 Å². The van der Waals surface area contributed by atoms with Gasteiger partial charge in [-0.25, -0.2) is 4.79 Å². The minimum absolute atomic E-state index is 0.208. The Bertz CT molecular complexity index is 1160. The summed E-state index contributed by atoms with van der Waals surface area (Å²) < 4.78 is 16.5. The summed E-state index contributed by atoms with van der Waals surface area (Å²) in [6.07, 6.45) is 1.62. The zero-order valence-electron chi connectivity index (χ0n) is 15.7. The van der Waals surface area contributed by atoms with E-state index in [9.17, 15) is 9.59 Å². The third-order valence-electron chi connectivity index (χ3n) is 4.65. The second-order valence-corrected chi connectivity index (χ2v) is 6.98. The molecule has 2 aromatic carbocycles. The molecule has 1 aromatic heterocycles. The van der Waals surface area contributed by atoms with E-state index in [-0.39, 0.29) is 5.78 Å². The highest BCUT2D eigenvalue weighted by Gasteiger charge is 2.40. The van der Waals surface area contributed by atoms with E-state index in [0.717, 1.165) is 11.4 Å². The van der Waals surface area contributed by atoms with Crippen molar-refractivity contribution in [2.45, 2.75) is 19.4 Å². The molecule has 0 fully saturated rings. The summed E-state index contributed by atoms with van der Waals surface area (Å²) in [7, 11) is 1.60. The number of hydrogen-bond donors (Lipinski definition) is 1. The molecule has 3 aromatic rings. The maximum atomic E-state index is 13.1. The first-order valence-corrected chi connectivity index (χ1v) is 8.81. The van der Waals surface area contributed by atoms with Crippen LogP contribution in [0.2, 0.25) is 0 Å². The van der Waals surface area contributed by atoms with E-state index in [1.165, 1.54) is 6.07 Å². The summed E-state index contributed by atoms with van der Waals surface area (Å²) in [4.78, 5) is 24.9. The predicted molar refractivity (Wildman–Crippen MR) is 107 cm³/mol. The Kier molecular flexibility index (Phi) is 4.19. The molecule has 0 radical (unpaired) electrons. The molecular formula is C22H19NO5. The molecule has 1 aliphatic rings. The quantitative estimate of drug-likeness (QED) is 0.549. The zero-order valence-corrected chi connectivity index (χ0v) is 15.7. The molecule has 1 N–H and O–H groups in total. The minimum Gasteiger partial charge on any atom is -0.497 e. The number of carbonyl (C=O) groups excluding carboxylic acids is 1. The molecule has 28 heavy (non-hydrogen) atoms. The lowest BCUT2D eigenvalue weighted by Gasteiger charge is -2.32. The Morgan fingerprint density at radius 2 is 1.71 bits per heavy atom. The summed E-state index contributed by atoms with van der Waals surface area (Å²) in [5.74, 6) is 1.02. The van der Waals surface area contributed by atoms with E-state index in [0.29, 0.717) is 27.9 Å². The van der Waals surface area contributed by atoms with Gasteiger partial charge in [0.2, 0.25) is 5.78 Å². The summed E-state index contributed by atoms with van der Waals surface area (Å²) in [5.41, 5.74) is 0.455. The van der Waals surface area contributed by atoms with Crippen molar-refractivity contribution in [2.24, 2.45) is 0 Å². The van der Waals surface area contributed by atoms with Crippen molar-refractivity contribution in [1.82, 2.24) is 0 Å². The molecule has 0 spiro atoms. The Hall–Kier alpha value is -3.54. The molecule has 0 unspecified atom stereocenters. The van der Waals surface area contributed by atoms with E-state index in [1.807, 2.05) is 24.3 Å². The third-order valence-corrected chi connectivity index (χ3v) is 4.65. The number of hydrogen-bond acceptors (Lipinski definition) is 6. The van der Waals surface area contributed by atoms with Crippen molar-refractivity contribution in [2.75, 3.05) is 12.4 Å². The van der Waals surface area contributed by atoms with Gasteiger partial charge in [-0.05, 0) is 56.3 Å². The van der Waals surface area contributed by atoms with Crippen LogP contribution in [0.5, 0.6) is 11.5 Å². The maximum absolute atomic E-state index is 13.1. The van der Waals surface area contributed by atoms with E-state index >= 15 is 0 Å². The number of anilines is 1. The molecule has 2 heterocycles. The lowest BCUT2D eigenvalue weighted by Crippen LogP contribution is -2.42. The average Bonchev–Trinajstić information content (AvgIpc) is 2.68. The molecule has 4 rings (SSSR count). The summed E-state index contributed by atoms with van der Waals surface area (Å²) in [5, 5.41) is 3.85. The number of methoxy groups -OCH3 is 1. The standard InChI is InChI=1S/C22H19NO5/c1-22(2)21(25)16(12-23-14-6-8-15(26-3)9-7-14)19-17(28-22)10-4-13-5-11-18(24)27-20(13)19/h4-12,23H,1-3H3/b16-12-. The Morgan fingerprint density at radius 1 is 1.00 bits per heavy atom. The van der Waals surface area contributed by atoms with Gasteiger partial charge in [0.25, 0.3) is 0 Å². The van der Waals surface area contributed by atoms with Crippen LogP contribution in [0, 0.1) is 0 Å². The number of ether oxygens (including phenoxy) is 2. The maximum Gasteiger partial charge on any atom is 0.336 e. The highest BCUT2D eigenvalue weighted by Crippen LogP contribution is 2.41. The van der Waals surface area contributed by atoms with Gasteiger partial charge >= 0.3 is 5.63 Å². The normalized spacial score (nSPS) is 16.5. The molecule has 0 aliphatic carbocycles. The topological polar surface area (TPSA) is 77.8 Å². The van der Waals surface area contributed by atoms with E-state index in [2.05, 4.69) is 5.32 Å². The molecule has 6 nitrogen and oxygen atoms in total. The lowest BCUT2D eigenvalue weighted by molar-refractivity contribution is -0.126. The van der Waals surface area contributed by atoms with Gasteiger partial charge < -0.3 is 19.2 Å². The lowest BCUT2D eigenvalue weighted by atomic mass is 9.87. The van der Waals surface area contributed by atoms with Gasteiger partial charge in [0.05, 0.1) is 18.2 Å². The van der Waals surface area contributed by atoms with Crippen molar-refractivity contribution < 1.29 is 18.7 Å². The third kappa shape index (κ3) is 3.03. The van der Waals surface area contributed by atoms with Crippen molar-refractivity contribution in [3.63, 3.8) is 0 Å². The molecule has 0 saturated heterocycles. The number of ketones is 1. The number of fused-ring (bicyclic) bond motifs is 3. The average molecular weight is 377 g/mol. The number of Topliss-reactive ketones (excluding diaryl/α,β-unsaturated/α-hetero) is 1. The van der Waals surface area contributed by atoms with E-state index in [4.69, 9.17) is 13.9 Å². The monoisotopic (exact) mass is 377 g/mol. The molecular weight excluding hydrogens is 358 g/mol. The number of carbonyl (C=O) groups is 1. The van der Waals surface area contributed by atoms with Crippen molar-refractivity contribution in [3.05, 3.63) is 70.7 Å². The van der Waals surface area contributed by atoms with Crippen LogP contribution in [0.1, 0.15) is 19.4 Å². The van der Waals surface area contributed by atoms with Crippen molar-refractivity contribution >= 4 is 28.0 Å². The Balaban J connectivity index is 1.86. The molecule has 1 aliphatic heterocycles. The van der Waals surface area contributed by atoms with Crippen molar-refractivity contribution in [3.8, 4) is 11.5 Å². The van der Waals surface area contributed by atoms with Crippen LogP contribution < -0.4 is 20.4 Å². The molecule has 6 heteroatoms. The first-order chi connectivity index (χ1) is 13.4. The highest BCUT2D eigenvalue weighted by molar-refractivity contribution is 6.28. The predicted octanol–water partition coefficient (Wildman–Crippen LogP) is 3.99. The minimum atomic E-state index is -1.04. The van der Waals surface area contributed by atoms with Crippen LogP contribution >= 0.6 is 0 Å². The van der Waals surface area contributed by atoms with Crippen LogP contribution in [0.4, 0.5) is 5.69 Å². The first-order valence-electron chi connectivity index (χ1n) is 8.81. The van der Waals surface area contributed by atoms with Crippen LogP contribution in [0.15, 0.2) is 63.9 Å². The Labute approximate surface area is 161 Å². The van der Waals surface area contributed by atoms with Gasteiger partial charge in [0.15, 0.2) is 5.60 Å². The SMILES string of the molecule is COc1ccc(N/C=C2\C(=O)C(C)(C)Oc3ccc4ccc(=O)oc4c32)cc1. The van der Waals surface area contributed by atoms with Gasteiger partial charge in [0.1, 0.15) is 17.1 Å². The van der Waals surface area contributed by atoms with E-state index in [1.54, 1.807) is 45.4 Å². The molecule has 0 bridgehead atoms. The molecule has 142 valence electrons. The fourth-order valence-electron chi connectivity index (χ4n) is 3.19. The fraction of sp³-hybridized carbons (Fsp3) is 0.182. The van der Waals surface area contributed by atoms with Crippen LogP contribution in [-0.4, -0.2) is 18.5 Å². The Morgan fingerprint density at radius 3 is 2.43 bits per heavy atom. The number of benzene rings is 2. The molecule has 0 amide bonds. The van der Waals surface area contributed by atoms with Crippen LogP contribution in [0.25, 0.3) is 16.5 Å². The largest absolute Gasteiger partial charge is 0.497 e.